The lowest BCUT2D eigenvalue weighted by Gasteiger charge is -2.05. The van der Waals surface area contributed by atoms with Crippen LogP contribution in [0.15, 0.2) is 46.9 Å². The van der Waals surface area contributed by atoms with E-state index in [1.165, 1.54) is 0 Å². The molecule has 3 aromatic rings. The van der Waals surface area contributed by atoms with E-state index >= 15 is 0 Å². The minimum Gasteiger partial charge on any atom is -0.305 e. The normalized spacial score (nSPS) is 10.7. The molecule has 2 aromatic carbocycles. The van der Waals surface area contributed by atoms with Crippen molar-refractivity contribution >= 4 is 61.1 Å². The van der Waals surface area contributed by atoms with Crippen molar-refractivity contribution in [3.8, 4) is 0 Å². The molecule has 0 aliphatic heterocycles. The number of carbonyl (C=O) groups excluding carboxylic acids is 1. The van der Waals surface area contributed by atoms with Gasteiger partial charge in [0.15, 0.2) is 5.82 Å². The van der Waals surface area contributed by atoms with Crippen molar-refractivity contribution in [2.24, 2.45) is 0 Å². The first-order chi connectivity index (χ1) is 9.65. The number of halogens is 2. The molecule has 0 saturated carbocycles. The van der Waals surface area contributed by atoms with Crippen LogP contribution in [0.4, 0.5) is 5.82 Å². The van der Waals surface area contributed by atoms with Gasteiger partial charge in [0.2, 0.25) is 0 Å². The topological polar surface area (TPSA) is 57.8 Å². The number of aromatic amines is 1. The van der Waals surface area contributed by atoms with Crippen molar-refractivity contribution in [3.05, 3.63) is 56.1 Å². The molecular formula is C14H9BrIN3O. The van der Waals surface area contributed by atoms with Gasteiger partial charge in [-0.25, -0.2) is 0 Å². The number of hydrogen-bond acceptors (Lipinski definition) is 2. The second-order valence-corrected chi connectivity index (χ2v) is 6.30. The van der Waals surface area contributed by atoms with E-state index in [1.54, 1.807) is 0 Å². The molecule has 4 nitrogen and oxygen atoms in total. The Balaban J connectivity index is 1.94. The van der Waals surface area contributed by atoms with Gasteiger partial charge in [-0.15, -0.1) is 0 Å². The van der Waals surface area contributed by atoms with Crippen molar-refractivity contribution in [1.29, 1.82) is 0 Å². The Bertz CT molecular complexity index is 800. The number of para-hydroxylation sites is 1. The third kappa shape index (κ3) is 2.57. The van der Waals surface area contributed by atoms with Gasteiger partial charge in [0.05, 0.1) is 11.1 Å². The maximum absolute atomic E-state index is 12.3. The largest absolute Gasteiger partial charge is 0.305 e. The molecule has 6 heteroatoms. The van der Waals surface area contributed by atoms with Crippen LogP contribution in [0.3, 0.4) is 0 Å². The van der Waals surface area contributed by atoms with Crippen molar-refractivity contribution < 1.29 is 4.79 Å². The predicted molar refractivity (Wildman–Crippen MR) is 90.9 cm³/mol. The number of benzene rings is 2. The highest BCUT2D eigenvalue weighted by Crippen LogP contribution is 2.23. The number of hydrogen-bond donors (Lipinski definition) is 2. The molecule has 0 aliphatic rings. The lowest BCUT2D eigenvalue weighted by Crippen LogP contribution is -2.13. The van der Waals surface area contributed by atoms with Crippen molar-refractivity contribution in [2.75, 3.05) is 5.32 Å². The third-order valence-electron chi connectivity index (χ3n) is 2.88. The highest BCUT2D eigenvalue weighted by molar-refractivity contribution is 14.1. The molecule has 3 rings (SSSR count). The van der Waals surface area contributed by atoms with Crippen LogP contribution in [0, 0.1) is 3.57 Å². The first kappa shape index (κ1) is 13.6. The number of H-pyrrole nitrogens is 1. The van der Waals surface area contributed by atoms with E-state index in [0.29, 0.717) is 11.4 Å². The van der Waals surface area contributed by atoms with Gasteiger partial charge in [-0.2, -0.15) is 5.10 Å². The minimum absolute atomic E-state index is 0.187. The van der Waals surface area contributed by atoms with Crippen LogP contribution < -0.4 is 5.32 Å². The molecule has 1 heterocycles. The molecule has 100 valence electrons. The van der Waals surface area contributed by atoms with E-state index in [-0.39, 0.29) is 5.91 Å². The zero-order valence-corrected chi connectivity index (χ0v) is 13.9. The average molecular weight is 442 g/mol. The molecule has 2 N–H and O–H groups in total. The summed E-state index contributed by atoms with van der Waals surface area (Å²) in [7, 11) is 0. The van der Waals surface area contributed by atoms with E-state index in [2.05, 4.69) is 54.0 Å². The van der Waals surface area contributed by atoms with Crippen molar-refractivity contribution in [3.63, 3.8) is 0 Å². The fraction of sp³-hybridized carbons (Fsp3) is 0. The maximum atomic E-state index is 12.3. The monoisotopic (exact) mass is 441 g/mol. The zero-order chi connectivity index (χ0) is 14.1. The summed E-state index contributed by atoms with van der Waals surface area (Å²) < 4.78 is 1.76. The Hall–Kier alpha value is -1.41. The Morgan fingerprint density at radius 1 is 1.25 bits per heavy atom. The van der Waals surface area contributed by atoms with E-state index in [4.69, 9.17) is 0 Å². The number of rotatable bonds is 2. The Morgan fingerprint density at radius 3 is 2.90 bits per heavy atom. The van der Waals surface area contributed by atoms with Gasteiger partial charge in [-0.1, -0.05) is 12.1 Å². The summed E-state index contributed by atoms with van der Waals surface area (Å²) in [5, 5.41) is 10.8. The van der Waals surface area contributed by atoms with Gasteiger partial charge in [0.25, 0.3) is 5.91 Å². The Labute approximate surface area is 137 Å². The zero-order valence-electron chi connectivity index (χ0n) is 10.2. The Morgan fingerprint density at radius 2 is 2.05 bits per heavy atom. The number of aromatic nitrogens is 2. The third-order valence-corrected chi connectivity index (χ3v) is 4.24. The molecule has 0 spiro atoms. The van der Waals surface area contributed by atoms with Crippen LogP contribution >= 0.6 is 38.5 Å². The van der Waals surface area contributed by atoms with E-state index in [1.807, 2.05) is 42.5 Å². The quantitative estimate of drug-likeness (QED) is 0.586. The molecule has 1 amide bonds. The van der Waals surface area contributed by atoms with Gasteiger partial charge in [-0.05, 0) is 68.9 Å². The van der Waals surface area contributed by atoms with Crippen LogP contribution in [0.2, 0.25) is 0 Å². The number of nitrogens with one attached hydrogen (secondary N) is 2. The first-order valence-corrected chi connectivity index (χ1v) is 7.72. The van der Waals surface area contributed by atoms with Gasteiger partial charge in [-0.3, -0.25) is 9.89 Å². The fourth-order valence-electron chi connectivity index (χ4n) is 1.91. The van der Waals surface area contributed by atoms with E-state index in [9.17, 15) is 4.79 Å². The van der Waals surface area contributed by atoms with Crippen molar-refractivity contribution in [1.82, 2.24) is 10.2 Å². The maximum Gasteiger partial charge on any atom is 0.258 e. The summed E-state index contributed by atoms with van der Waals surface area (Å²) in [5.74, 6) is 0.351. The van der Waals surface area contributed by atoms with Gasteiger partial charge >= 0.3 is 0 Å². The number of carbonyl (C=O) groups is 1. The molecule has 0 unspecified atom stereocenters. The highest BCUT2D eigenvalue weighted by Gasteiger charge is 2.13. The lowest BCUT2D eigenvalue weighted by atomic mass is 10.2. The van der Waals surface area contributed by atoms with Gasteiger partial charge in [0, 0.05) is 13.4 Å². The second kappa shape index (κ2) is 5.53. The molecule has 0 saturated heterocycles. The molecule has 20 heavy (non-hydrogen) atoms. The minimum atomic E-state index is -0.187. The van der Waals surface area contributed by atoms with Crippen LogP contribution in [0.1, 0.15) is 10.4 Å². The number of nitrogens with zero attached hydrogens (tertiary/aromatic N) is 1. The lowest BCUT2D eigenvalue weighted by molar-refractivity contribution is 0.102. The molecule has 0 bridgehead atoms. The van der Waals surface area contributed by atoms with Crippen LogP contribution in [0.5, 0.6) is 0 Å². The van der Waals surface area contributed by atoms with Crippen molar-refractivity contribution in [2.45, 2.75) is 0 Å². The summed E-state index contributed by atoms with van der Waals surface area (Å²) in [4.78, 5) is 12.3. The first-order valence-electron chi connectivity index (χ1n) is 5.84. The van der Waals surface area contributed by atoms with Crippen LogP contribution in [-0.4, -0.2) is 16.1 Å². The molecule has 1 aromatic heterocycles. The second-order valence-electron chi connectivity index (χ2n) is 4.20. The summed E-state index contributed by atoms with van der Waals surface area (Å²) in [6.45, 7) is 0. The summed E-state index contributed by atoms with van der Waals surface area (Å²) in [6, 6.07) is 13.3. The molecule has 0 radical (unpaired) electrons. The molecule has 0 fully saturated rings. The molecule has 0 atom stereocenters. The highest BCUT2D eigenvalue weighted by atomic mass is 127. The van der Waals surface area contributed by atoms with E-state index < -0.39 is 0 Å². The standard InChI is InChI=1S/C14H9BrIN3O/c15-11-6-5-8(16)7-10(11)14(20)17-13-9-3-1-2-4-12(9)18-19-13/h1-7H,(H2,17,18,19,20). The number of amides is 1. The van der Waals surface area contributed by atoms with Crippen LogP contribution in [0.25, 0.3) is 10.9 Å². The summed E-state index contributed by atoms with van der Waals surface area (Å²) in [5.41, 5.74) is 1.48. The molecular weight excluding hydrogens is 433 g/mol. The molecule has 0 aliphatic carbocycles. The smallest absolute Gasteiger partial charge is 0.258 e. The SMILES string of the molecule is O=C(Nc1n[nH]c2ccccc12)c1cc(I)ccc1Br. The fourth-order valence-corrected chi connectivity index (χ4v) is 2.82. The predicted octanol–water partition coefficient (Wildman–Crippen LogP) is 4.18. The summed E-state index contributed by atoms with van der Waals surface area (Å²) >= 11 is 5.57. The van der Waals surface area contributed by atoms with E-state index in [0.717, 1.165) is 18.9 Å². The number of anilines is 1. The van der Waals surface area contributed by atoms with Gasteiger partial charge < -0.3 is 5.32 Å². The van der Waals surface area contributed by atoms with Gasteiger partial charge in [0.1, 0.15) is 0 Å². The summed E-state index contributed by atoms with van der Waals surface area (Å²) in [6.07, 6.45) is 0. The van der Waals surface area contributed by atoms with Crippen LogP contribution in [-0.2, 0) is 0 Å². The average Bonchev–Trinajstić information content (AvgIpc) is 2.85. The number of fused-ring (bicyclic) bond motifs is 1. The Kier molecular flexibility index (Phi) is 3.75.